The number of hydrogen-bond acceptors (Lipinski definition) is 4. The topological polar surface area (TPSA) is 51.9 Å². The number of ether oxygens (including phenoxy) is 2. The second-order valence-corrected chi connectivity index (χ2v) is 5.51. The predicted octanol–water partition coefficient (Wildman–Crippen LogP) is 3.12. The Balaban J connectivity index is 1.84. The van der Waals surface area contributed by atoms with Crippen LogP contribution in [-0.4, -0.2) is 30.6 Å². The van der Waals surface area contributed by atoms with E-state index in [1.54, 1.807) is 17.2 Å². The van der Waals surface area contributed by atoms with Gasteiger partial charge < -0.3 is 18.8 Å². The van der Waals surface area contributed by atoms with Gasteiger partial charge in [0.25, 0.3) is 5.91 Å². The third-order valence-electron chi connectivity index (χ3n) is 3.78. The molecule has 0 fully saturated rings. The van der Waals surface area contributed by atoms with Gasteiger partial charge in [0, 0.05) is 5.56 Å². The van der Waals surface area contributed by atoms with Crippen LogP contribution in [0.25, 0.3) is 6.08 Å². The van der Waals surface area contributed by atoms with Crippen LogP contribution in [0.5, 0.6) is 11.5 Å². The molecule has 128 valence electrons. The minimum absolute atomic E-state index is 0.165. The smallest absolute Gasteiger partial charge is 0.254 e. The molecular weight excluding hydrogens is 318 g/mol. The number of para-hydroxylation sites is 1. The minimum atomic E-state index is -0.165. The maximum absolute atomic E-state index is 12.8. The second-order valence-electron chi connectivity index (χ2n) is 5.51. The number of nitrogens with zero attached hydrogens (tertiary/aromatic N) is 1. The van der Waals surface area contributed by atoms with Crippen molar-refractivity contribution in [2.24, 2.45) is 0 Å². The zero-order valence-corrected chi connectivity index (χ0v) is 14.0. The molecule has 1 aliphatic rings. The summed E-state index contributed by atoms with van der Waals surface area (Å²) in [5.41, 5.74) is 1.36. The summed E-state index contributed by atoms with van der Waals surface area (Å²) in [6.07, 6.45) is 8.81. The van der Waals surface area contributed by atoms with E-state index in [4.69, 9.17) is 20.3 Å². The quantitative estimate of drug-likeness (QED) is 0.760. The Kier molecular flexibility index (Phi) is 5.10. The van der Waals surface area contributed by atoms with Gasteiger partial charge in [-0.1, -0.05) is 18.1 Å². The Labute approximate surface area is 146 Å². The Hall–Kier alpha value is -3.13. The van der Waals surface area contributed by atoms with Gasteiger partial charge in [0.2, 0.25) is 0 Å². The van der Waals surface area contributed by atoms with Gasteiger partial charge in [-0.25, -0.2) is 0 Å². The maximum Gasteiger partial charge on any atom is 0.254 e. The zero-order valence-electron chi connectivity index (χ0n) is 14.0. The van der Waals surface area contributed by atoms with Crippen molar-refractivity contribution in [3.8, 4) is 23.8 Å². The third kappa shape index (κ3) is 3.69. The molecule has 1 aromatic carbocycles. The molecule has 5 nitrogen and oxygen atoms in total. The molecule has 0 spiro atoms. The lowest BCUT2D eigenvalue weighted by Gasteiger charge is -2.24. The number of carbonyl (C=O) groups excluding carboxylic acids is 1. The first-order valence-electron chi connectivity index (χ1n) is 8.07. The first-order chi connectivity index (χ1) is 12.2. The lowest BCUT2D eigenvalue weighted by Crippen LogP contribution is -2.34. The molecule has 3 rings (SSSR count). The van der Waals surface area contributed by atoms with Gasteiger partial charge in [0.15, 0.2) is 11.5 Å². The monoisotopic (exact) mass is 337 g/mol. The van der Waals surface area contributed by atoms with Crippen molar-refractivity contribution in [3.05, 3.63) is 53.5 Å². The van der Waals surface area contributed by atoms with Gasteiger partial charge in [-0.2, -0.15) is 0 Å². The number of rotatable bonds is 6. The molecule has 0 aliphatic carbocycles. The molecular formula is C20H19NO4. The SMILES string of the molecule is C#CCN(Cc1ccco1)C(=O)C1=Cc2cccc(OCC)c2OC1. The number of amides is 1. The number of furan rings is 1. The fourth-order valence-electron chi connectivity index (χ4n) is 2.68. The highest BCUT2D eigenvalue weighted by molar-refractivity contribution is 5.99. The molecule has 1 aliphatic heterocycles. The fourth-order valence-corrected chi connectivity index (χ4v) is 2.68. The van der Waals surface area contributed by atoms with Crippen LogP contribution < -0.4 is 9.47 Å². The van der Waals surface area contributed by atoms with E-state index >= 15 is 0 Å². The molecule has 0 saturated heterocycles. The zero-order chi connectivity index (χ0) is 17.6. The molecule has 0 atom stereocenters. The van der Waals surface area contributed by atoms with E-state index in [1.165, 1.54) is 0 Å². The van der Waals surface area contributed by atoms with Crippen LogP contribution in [0.3, 0.4) is 0 Å². The van der Waals surface area contributed by atoms with E-state index in [9.17, 15) is 4.79 Å². The van der Waals surface area contributed by atoms with Crippen LogP contribution in [-0.2, 0) is 11.3 Å². The summed E-state index contributed by atoms with van der Waals surface area (Å²) in [5.74, 6) is 4.38. The highest BCUT2D eigenvalue weighted by Crippen LogP contribution is 2.36. The van der Waals surface area contributed by atoms with E-state index in [1.807, 2.05) is 37.3 Å². The van der Waals surface area contributed by atoms with Crippen LogP contribution in [0.4, 0.5) is 0 Å². The summed E-state index contributed by atoms with van der Waals surface area (Å²) < 4.78 is 16.7. The number of terminal acetylenes is 1. The molecule has 0 bridgehead atoms. The molecule has 1 aromatic heterocycles. The maximum atomic E-state index is 12.8. The lowest BCUT2D eigenvalue weighted by molar-refractivity contribution is -0.127. The Morgan fingerprint density at radius 2 is 2.24 bits per heavy atom. The summed E-state index contributed by atoms with van der Waals surface area (Å²) >= 11 is 0. The van der Waals surface area contributed by atoms with Crippen molar-refractivity contribution >= 4 is 12.0 Å². The molecule has 2 aromatic rings. The summed E-state index contributed by atoms with van der Waals surface area (Å²) in [6.45, 7) is 3.16. The van der Waals surface area contributed by atoms with Gasteiger partial charge in [0.05, 0.1) is 31.5 Å². The Morgan fingerprint density at radius 3 is 2.96 bits per heavy atom. The average molecular weight is 337 g/mol. The van der Waals surface area contributed by atoms with Gasteiger partial charge in [0.1, 0.15) is 12.4 Å². The summed E-state index contributed by atoms with van der Waals surface area (Å²) in [6, 6.07) is 9.21. The van der Waals surface area contributed by atoms with E-state index < -0.39 is 0 Å². The molecule has 2 heterocycles. The number of carbonyl (C=O) groups is 1. The van der Waals surface area contributed by atoms with Crippen LogP contribution in [0.15, 0.2) is 46.6 Å². The molecule has 25 heavy (non-hydrogen) atoms. The van der Waals surface area contributed by atoms with Gasteiger partial charge >= 0.3 is 0 Å². The summed E-state index contributed by atoms with van der Waals surface area (Å²) in [7, 11) is 0. The minimum Gasteiger partial charge on any atom is -0.490 e. The summed E-state index contributed by atoms with van der Waals surface area (Å²) in [5, 5.41) is 0. The average Bonchev–Trinajstić information content (AvgIpc) is 3.14. The highest BCUT2D eigenvalue weighted by atomic mass is 16.5. The lowest BCUT2D eigenvalue weighted by atomic mass is 10.1. The van der Waals surface area contributed by atoms with E-state index in [2.05, 4.69) is 5.92 Å². The fraction of sp³-hybridized carbons (Fsp3) is 0.250. The van der Waals surface area contributed by atoms with E-state index in [0.717, 1.165) is 5.56 Å². The summed E-state index contributed by atoms with van der Waals surface area (Å²) in [4.78, 5) is 14.4. The second kappa shape index (κ2) is 7.63. The Morgan fingerprint density at radius 1 is 1.36 bits per heavy atom. The third-order valence-corrected chi connectivity index (χ3v) is 3.78. The molecule has 1 amide bonds. The van der Waals surface area contributed by atoms with Gasteiger partial charge in [-0.3, -0.25) is 4.79 Å². The van der Waals surface area contributed by atoms with Crippen molar-refractivity contribution in [3.63, 3.8) is 0 Å². The molecule has 5 heteroatoms. The molecule has 0 unspecified atom stereocenters. The van der Waals surface area contributed by atoms with Crippen molar-refractivity contribution in [1.82, 2.24) is 4.90 Å². The van der Waals surface area contributed by atoms with Crippen LogP contribution in [0.2, 0.25) is 0 Å². The van der Waals surface area contributed by atoms with Crippen LogP contribution in [0.1, 0.15) is 18.2 Å². The Bertz CT molecular complexity index is 815. The highest BCUT2D eigenvalue weighted by Gasteiger charge is 2.24. The number of benzene rings is 1. The molecule has 0 radical (unpaired) electrons. The molecule has 0 N–H and O–H groups in total. The van der Waals surface area contributed by atoms with Crippen molar-refractivity contribution in [2.45, 2.75) is 13.5 Å². The number of fused-ring (bicyclic) bond motifs is 1. The predicted molar refractivity (Wildman–Crippen MR) is 94.0 cm³/mol. The first-order valence-corrected chi connectivity index (χ1v) is 8.07. The molecule has 0 saturated carbocycles. The van der Waals surface area contributed by atoms with Crippen LogP contribution >= 0.6 is 0 Å². The van der Waals surface area contributed by atoms with Gasteiger partial charge in [-0.15, -0.1) is 6.42 Å². The van der Waals surface area contributed by atoms with E-state index in [0.29, 0.717) is 36.0 Å². The number of hydrogen-bond donors (Lipinski definition) is 0. The van der Waals surface area contributed by atoms with Crippen LogP contribution in [0, 0.1) is 12.3 Å². The van der Waals surface area contributed by atoms with Crippen molar-refractivity contribution in [1.29, 1.82) is 0 Å². The first kappa shape index (κ1) is 16.7. The van der Waals surface area contributed by atoms with E-state index in [-0.39, 0.29) is 19.1 Å². The standard InChI is InChI=1S/C20H19NO4/c1-3-10-21(13-17-8-6-11-24-17)20(22)16-12-15-7-5-9-18(23-4-2)19(15)25-14-16/h1,5-9,11-12H,4,10,13-14H2,2H3. The largest absolute Gasteiger partial charge is 0.490 e. The van der Waals surface area contributed by atoms with Crippen molar-refractivity contribution < 1.29 is 18.7 Å². The van der Waals surface area contributed by atoms with Gasteiger partial charge in [-0.05, 0) is 31.2 Å². The normalized spacial score (nSPS) is 12.4. The van der Waals surface area contributed by atoms with Crippen molar-refractivity contribution in [2.75, 3.05) is 19.8 Å².